The number of nitrogens with one attached hydrogen (secondary N) is 1. The first kappa shape index (κ1) is 17.0. The monoisotopic (exact) mass is 326 g/mol. The van der Waals surface area contributed by atoms with Crippen molar-refractivity contribution in [3.63, 3.8) is 0 Å². The summed E-state index contributed by atoms with van der Waals surface area (Å²) < 4.78 is 5.19. The molecule has 4 nitrogen and oxygen atoms in total. The number of aliphatic hydroxyl groups excluding tert-OH is 1. The number of hydrogen-bond acceptors (Lipinski definition) is 4. The van der Waals surface area contributed by atoms with E-state index in [0.717, 1.165) is 61.6 Å². The molecule has 4 heteroatoms. The van der Waals surface area contributed by atoms with E-state index in [4.69, 9.17) is 4.74 Å². The largest absolute Gasteiger partial charge is 0.497 e. The van der Waals surface area contributed by atoms with Crippen LogP contribution in [0.4, 0.5) is 0 Å². The highest BCUT2D eigenvalue weighted by atomic mass is 16.5. The second kappa shape index (κ2) is 8.29. The second-order valence-corrected chi connectivity index (χ2v) is 6.25. The lowest BCUT2D eigenvalue weighted by atomic mass is 10.0. The van der Waals surface area contributed by atoms with Crippen molar-refractivity contribution in [2.45, 2.75) is 12.5 Å². The fraction of sp³-hybridized carbons (Fsp3) is 0.400. The third-order valence-corrected chi connectivity index (χ3v) is 4.65. The molecule has 0 aromatic heterocycles. The molecule has 1 aliphatic rings. The normalized spacial score (nSPS) is 16.8. The minimum absolute atomic E-state index is 0.398. The first-order valence-electron chi connectivity index (χ1n) is 8.62. The van der Waals surface area contributed by atoms with Crippen molar-refractivity contribution >= 4 is 0 Å². The molecule has 2 N–H and O–H groups in total. The van der Waals surface area contributed by atoms with Crippen molar-refractivity contribution in [3.8, 4) is 16.9 Å². The number of ether oxygens (including phenoxy) is 1. The molecule has 24 heavy (non-hydrogen) atoms. The summed E-state index contributed by atoms with van der Waals surface area (Å²) in [6.07, 6.45) is 0.381. The topological polar surface area (TPSA) is 44.7 Å². The van der Waals surface area contributed by atoms with E-state index in [1.807, 2.05) is 24.3 Å². The highest BCUT2D eigenvalue weighted by Gasteiger charge is 2.13. The molecular formula is C20H26N2O2. The zero-order chi connectivity index (χ0) is 16.8. The van der Waals surface area contributed by atoms with Crippen molar-refractivity contribution in [3.05, 3.63) is 54.1 Å². The lowest BCUT2D eigenvalue weighted by Gasteiger charge is -2.28. The van der Waals surface area contributed by atoms with Crippen molar-refractivity contribution in [1.82, 2.24) is 10.2 Å². The van der Waals surface area contributed by atoms with Crippen LogP contribution in [-0.2, 0) is 0 Å². The van der Waals surface area contributed by atoms with Gasteiger partial charge in [-0.2, -0.15) is 0 Å². The van der Waals surface area contributed by atoms with Crippen LogP contribution >= 0.6 is 0 Å². The minimum Gasteiger partial charge on any atom is -0.497 e. The summed E-state index contributed by atoms with van der Waals surface area (Å²) in [5.41, 5.74) is 3.29. The van der Waals surface area contributed by atoms with Gasteiger partial charge in [0.1, 0.15) is 5.75 Å². The molecule has 2 aromatic carbocycles. The molecule has 1 fully saturated rings. The van der Waals surface area contributed by atoms with Gasteiger partial charge in [0.2, 0.25) is 0 Å². The molecule has 0 spiro atoms. The maximum absolute atomic E-state index is 10.4. The predicted octanol–water partition coefficient (Wildman–Crippen LogP) is 2.69. The van der Waals surface area contributed by atoms with E-state index in [-0.39, 0.29) is 0 Å². The molecule has 0 aliphatic carbocycles. The highest BCUT2D eigenvalue weighted by molar-refractivity contribution is 5.64. The fourth-order valence-electron chi connectivity index (χ4n) is 3.09. The van der Waals surface area contributed by atoms with Gasteiger partial charge < -0.3 is 20.1 Å². The molecule has 1 heterocycles. The molecular weight excluding hydrogens is 300 g/mol. The lowest BCUT2D eigenvalue weighted by Crippen LogP contribution is -2.44. The smallest absolute Gasteiger partial charge is 0.118 e. The SMILES string of the molecule is COc1ccc(-c2ccc(C(O)CCN3CCNCC3)cc2)cc1. The van der Waals surface area contributed by atoms with Crippen LogP contribution in [0, 0.1) is 0 Å². The van der Waals surface area contributed by atoms with E-state index < -0.39 is 6.10 Å². The Hall–Kier alpha value is -1.88. The number of hydrogen-bond donors (Lipinski definition) is 2. The third kappa shape index (κ3) is 4.35. The summed E-state index contributed by atoms with van der Waals surface area (Å²) >= 11 is 0. The van der Waals surface area contributed by atoms with Gasteiger partial charge in [0.15, 0.2) is 0 Å². The zero-order valence-corrected chi connectivity index (χ0v) is 14.2. The molecule has 0 bridgehead atoms. The van der Waals surface area contributed by atoms with E-state index in [1.54, 1.807) is 7.11 Å². The zero-order valence-electron chi connectivity index (χ0n) is 14.2. The fourth-order valence-corrected chi connectivity index (χ4v) is 3.09. The Labute approximate surface area is 144 Å². The molecule has 3 rings (SSSR count). The summed E-state index contributed by atoms with van der Waals surface area (Å²) in [6, 6.07) is 16.2. The van der Waals surface area contributed by atoms with E-state index in [1.165, 1.54) is 0 Å². The molecule has 0 amide bonds. The minimum atomic E-state index is -0.398. The van der Waals surface area contributed by atoms with E-state index in [0.29, 0.717) is 0 Å². The van der Waals surface area contributed by atoms with Gasteiger partial charge >= 0.3 is 0 Å². The highest BCUT2D eigenvalue weighted by Crippen LogP contribution is 2.25. The number of nitrogens with zero attached hydrogens (tertiary/aromatic N) is 1. The molecule has 128 valence electrons. The van der Waals surface area contributed by atoms with Crippen LogP contribution in [0.5, 0.6) is 5.75 Å². The molecule has 0 saturated carbocycles. The molecule has 1 unspecified atom stereocenters. The first-order chi connectivity index (χ1) is 11.8. The van der Waals surface area contributed by atoms with Gasteiger partial charge in [-0.15, -0.1) is 0 Å². The average Bonchev–Trinajstić information content (AvgIpc) is 2.67. The van der Waals surface area contributed by atoms with Crippen LogP contribution in [0.1, 0.15) is 18.1 Å². The van der Waals surface area contributed by atoms with Crippen molar-refractivity contribution in [1.29, 1.82) is 0 Å². The van der Waals surface area contributed by atoms with Gasteiger partial charge in [-0.1, -0.05) is 36.4 Å². The number of benzene rings is 2. The number of piperazine rings is 1. The van der Waals surface area contributed by atoms with Crippen LogP contribution in [0.2, 0.25) is 0 Å². The summed E-state index contributed by atoms with van der Waals surface area (Å²) in [4.78, 5) is 2.41. The number of rotatable bonds is 6. The van der Waals surface area contributed by atoms with Gasteiger partial charge in [-0.3, -0.25) is 0 Å². The van der Waals surface area contributed by atoms with Gasteiger partial charge in [-0.05, 0) is 35.2 Å². The Morgan fingerprint density at radius 3 is 2.17 bits per heavy atom. The van der Waals surface area contributed by atoms with E-state index in [2.05, 4.69) is 34.5 Å². The summed E-state index contributed by atoms with van der Waals surface area (Å²) in [5.74, 6) is 0.860. The predicted molar refractivity (Wildman–Crippen MR) is 97.3 cm³/mol. The standard InChI is InChI=1S/C20H26N2O2/c1-24-19-8-6-17(7-9-19)16-2-4-18(5-3-16)20(23)10-13-22-14-11-21-12-15-22/h2-9,20-21,23H,10-15H2,1H3. The molecule has 1 saturated heterocycles. The number of aliphatic hydroxyl groups is 1. The van der Waals surface area contributed by atoms with Crippen molar-refractivity contribution < 1.29 is 9.84 Å². The van der Waals surface area contributed by atoms with Gasteiger partial charge in [0.25, 0.3) is 0 Å². The van der Waals surface area contributed by atoms with Crippen molar-refractivity contribution in [2.24, 2.45) is 0 Å². The summed E-state index contributed by atoms with van der Waals surface area (Å²) in [7, 11) is 1.67. The van der Waals surface area contributed by atoms with Crippen LogP contribution in [0.25, 0.3) is 11.1 Å². The van der Waals surface area contributed by atoms with Crippen LogP contribution in [-0.4, -0.2) is 49.8 Å². The van der Waals surface area contributed by atoms with Crippen LogP contribution in [0.15, 0.2) is 48.5 Å². The second-order valence-electron chi connectivity index (χ2n) is 6.25. The van der Waals surface area contributed by atoms with Crippen molar-refractivity contribution in [2.75, 3.05) is 39.8 Å². The maximum atomic E-state index is 10.4. The quantitative estimate of drug-likeness (QED) is 0.857. The first-order valence-corrected chi connectivity index (χ1v) is 8.62. The Bertz CT molecular complexity index is 619. The molecule has 2 aromatic rings. The number of methoxy groups -OCH3 is 1. The van der Waals surface area contributed by atoms with Gasteiger partial charge in [-0.25, -0.2) is 0 Å². The Morgan fingerprint density at radius 2 is 1.58 bits per heavy atom. The Kier molecular flexibility index (Phi) is 5.86. The van der Waals surface area contributed by atoms with E-state index >= 15 is 0 Å². The molecule has 0 radical (unpaired) electrons. The summed E-state index contributed by atoms with van der Waals surface area (Å²) in [5, 5.41) is 13.8. The van der Waals surface area contributed by atoms with Gasteiger partial charge in [0.05, 0.1) is 13.2 Å². The Morgan fingerprint density at radius 1 is 1.00 bits per heavy atom. The maximum Gasteiger partial charge on any atom is 0.118 e. The van der Waals surface area contributed by atoms with Gasteiger partial charge in [0, 0.05) is 32.7 Å². The third-order valence-electron chi connectivity index (χ3n) is 4.65. The summed E-state index contributed by atoms with van der Waals surface area (Å²) in [6.45, 7) is 5.19. The molecule has 1 aliphatic heterocycles. The Balaban J connectivity index is 1.58. The average molecular weight is 326 g/mol. The van der Waals surface area contributed by atoms with E-state index in [9.17, 15) is 5.11 Å². The van der Waals surface area contributed by atoms with Crippen LogP contribution in [0.3, 0.4) is 0 Å². The van der Waals surface area contributed by atoms with Crippen LogP contribution < -0.4 is 10.1 Å². The molecule has 1 atom stereocenters. The lowest BCUT2D eigenvalue weighted by molar-refractivity contribution is 0.137.